The minimum absolute atomic E-state index is 0.0679. The van der Waals surface area contributed by atoms with Gasteiger partial charge in [-0.05, 0) is 24.6 Å². The summed E-state index contributed by atoms with van der Waals surface area (Å²) in [4.78, 5) is 36.2. The molecule has 1 aromatic heterocycles. The lowest BCUT2D eigenvalue weighted by Gasteiger charge is -2.34. The molecule has 0 fully saturated rings. The second-order valence-electron chi connectivity index (χ2n) is 8.28. The van der Waals surface area contributed by atoms with Gasteiger partial charge in [0.1, 0.15) is 11.7 Å². The number of hydrogen-bond acceptors (Lipinski definition) is 5. The number of quaternary nitrogens is 1. The molecule has 2 aromatic carbocycles. The van der Waals surface area contributed by atoms with Gasteiger partial charge < -0.3 is 24.9 Å². The summed E-state index contributed by atoms with van der Waals surface area (Å²) in [6.45, 7) is 2.16. The van der Waals surface area contributed by atoms with E-state index in [2.05, 4.69) is 0 Å². The summed E-state index contributed by atoms with van der Waals surface area (Å²) >= 11 is 0. The molecule has 0 saturated heterocycles. The van der Waals surface area contributed by atoms with E-state index < -0.39 is 23.9 Å². The molecular weight excluding hydrogens is 398 g/mol. The Labute approximate surface area is 180 Å². The zero-order valence-electron chi connectivity index (χ0n) is 17.9. The summed E-state index contributed by atoms with van der Waals surface area (Å²) in [5.74, 6) is -3.19. The summed E-state index contributed by atoms with van der Waals surface area (Å²) in [7, 11) is 4.96. The molecule has 1 amide bonds. The van der Waals surface area contributed by atoms with Gasteiger partial charge in [0.25, 0.3) is 17.9 Å². The fourth-order valence-electron chi connectivity index (χ4n) is 3.60. The predicted octanol–water partition coefficient (Wildman–Crippen LogP) is 0.827. The number of ketones is 1. The van der Waals surface area contributed by atoms with E-state index in [0.717, 1.165) is 5.56 Å². The second-order valence-corrected chi connectivity index (χ2v) is 8.28. The number of aliphatic carboxylic acids is 1. The fourth-order valence-corrected chi connectivity index (χ4v) is 3.60. The van der Waals surface area contributed by atoms with Gasteiger partial charge in [-0.15, -0.1) is 0 Å². The molecule has 0 bridgehead atoms. The number of nitrogens with zero attached hydrogens (tertiary/aromatic N) is 2. The number of primary amides is 1. The molecule has 0 aliphatic heterocycles. The van der Waals surface area contributed by atoms with Crippen LogP contribution in [0.15, 0.2) is 48.5 Å². The maximum absolute atomic E-state index is 12.7. The van der Waals surface area contributed by atoms with Crippen LogP contribution >= 0.6 is 0 Å². The highest BCUT2D eigenvalue weighted by Crippen LogP contribution is 2.35. The van der Waals surface area contributed by atoms with Crippen LogP contribution < -0.4 is 15.6 Å². The molecule has 0 aliphatic rings. The quantitative estimate of drug-likeness (QED) is 0.249. The summed E-state index contributed by atoms with van der Waals surface area (Å²) < 4.78 is 7.65. The van der Waals surface area contributed by atoms with E-state index in [-0.39, 0.29) is 15.8 Å². The van der Waals surface area contributed by atoms with Gasteiger partial charge in [-0.2, -0.15) is 0 Å². The lowest BCUT2D eigenvalue weighted by molar-refractivity contribution is -0.907. The van der Waals surface area contributed by atoms with Crippen LogP contribution in [-0.2, 0) is 16.1 Å². The van der Waals surface area contributed by atoms with E-state index in [1.165, 1.54) is 0 Å². The van der Waals surface area contributed by atoms with E-state index in [1.54, 1.807) is 46.3 Å². The summed E-state index contributed by atoms with van der Waals surface area (Å²) in [6.07, 6.45) is -1.33. The van der Waals surface area contributed by atoms with Crippen molar-refractivity contribution in [1.29, 1.82) is 0 Å². The van der Waals surface area contributed by atoms with Crippen LogP contribution in [0.2, 0.25) is 0 Å². The van der Waals surface area contributed by atoms with Crippen LogP contribution in [-0.4, -0.2) is 54.1 Å². The van der Waals surface area contributed by atoms with Crippen molar-refractivity contribution in [2.45, 2.75) is 19.7 Å². The van der Waals surface area contributed by atoms with Gasteiger partial charge in [0.15, 0.2) is 0 Å². The fraction of sp³-hybridized carbons (Fsp3) is 0.261. The normalized spacial score (nSPS) is 12.5. The maximum Gasteiger partial charge on any atom is 0.289 e. The zero-order chi connectivity index (χ0) is 22.9. The van der Waals surface area contributed by atoms with Gasteiger partial charge in [-0.3, -0.25) is 14.1 Å². The average molecular weight is 423 g/mol. The van der Waals surface area contributed by atoms with Crippen molar-refractivity contribution < 1.29 is 28.7 Å². The molecule has 0 saturated carbocycles. The first-order chi connectivity index (χ1) is 14.5. The Kier molecular flexibility index (Phi) is 5.85. The van der Waals surface area contributed by atoms with E-state index in [9.17, 15) is 19.5 Å². The Bertz CT molecular complexity index is 1160. The van der Waals surface area contributed by atoms with Crippen molar-refractivity contribution in [1.82, 2.24) is 4.57 Å². The largest absolute Gasteiger partial charge is 0.541 e. The van der Waals surface area contributed by atoms with Gasteiger partial charge in [0.2, 0.25) is 0 Å². The molecule has 1 atom stereocenters. The average Bonchev–Trinajstić information content (AvgIpc) is 2.97. The summed E-state index contributed by atoms with van der Waals surface area (Å²) in [5.41, 5.74) is 7.57. The second kappa shape index (κ2) is 8.23. The van der Waals surface area contributed by atoms with Crippen molar-refractivity contribution in [3.05, 3.63) is 65.4 Å². The number of rotatable bonds is 8. The lowest BCUT2D eigenvalue weighted by atomic mass is 10.1. The van der Waals surface area contributed by atoms with Crippen molar-refractivity contribution >= 4 is 28.6 Å². The number of carbonyl (C=O) groups is 3. The Morgan fingerprint density at radius 1 is 1.06 bits per heavy atom. The molecular formula is C23H25N3O5. The Hall–Kier alpha value is -3.65. The summed E-state index contributed by atoms with van der Waals surface area (Å²) in [6, 6.07) is 14.7. The number of nitrogens with two attached hydrogens (primary N) is 1. The van der Waals surface area contributed by atoms with Crippen LogP contribution in [0.1, 0.15) is 21.6 Å². The third kappa shape index (κ3) is 4.29. The minimum atomic E-state index is -1.40. The van der Waals surface area contributed by atoms with Gasteiger partial charge in [0.05, 0.1) is 37.6 Å². The molecule has 0 spiro atoms. The minimum Gasteiger partial charge on any atom is -0.541 e. The molecule has 162 valence electrons. The molecule has 3 aromatic rings. The van der Waals surface area contributed by atoms with Gasteiger partial charge in [-0.1, -0.05) is 36.4 Å². The number of carboxylic acid groups (broad SMARTS) is 1. The monoisotopic (exact) mass is 423 g/mol. The first-order valence-electron chi connectivity index (χ1n) is 9.71. The Morgan fingerprint density at radius 3 is 2.26 bits per heavy atom. The zero-order valence-corrected chi connectivity index (χ0v) is 17.9. The molecule has 1 unspecified atom stereocenters. The van der Waals surface area contributed by atoms with Crippen molar-refractivity contribution in [3.8, 4) is 5.75 Å². The summed E-state index contributed by atoms with van der Waals surface area (Å²) in [5, 5.41) is 12.1. The van der Waals surface area contributed by atoms with Crippen molar-refractivity contribution in [2.24, 2.45) is 5.73 Å². The van der Waals surface area contributed by atoms with Crippen LogP contribution in [0.5, 0.6) is 5.75 Å². The van der Waals surface area contributed by atoms with Gasteiger partial charge in [0, 0.05) is 12.2 Å². The molecule has 3 rings (SSSR count). The van der Waals surface area contributed by atoms with E-state index >= 15 is 0 Å². The van der Waals surface area contributed by atoms with Crippen LogP contribution in [0.25, 0.3) is 10.9 Å². The topological polar surface area (TPSA) is 114 Å². The number of ether oxygens (including phenoxy) is 1. The molecule has 31 heavy (non-hydrogen) atoms. The Balaban J connectivity index is 2.26. The highest BCUT2D eigenvalue weighted by Gasteiger charge is 2.31. The molecule has 1 heterocycles. The maximum atomic E-state index is 12.7. The van der Waals surface area contributed by atoms with Crippen molar-refractivity contribution in [3.63, 3.8) is 0 Å². The number of aromatic nitrogens is 1. The highest BCUT2D eigenvalue weighted by atomic mass is 16.5. The van der Waals surface area contributed by atoms with Crippen LogP contribution in [0.3, 0.4) is 0 Å². The number of fused-ring (bicyclic) bond motifs is 1. The number of benzene rings is 2. The van der Waals surface area contributed by atoms with E-state index in [4.69, 9.17) is 10.5 Å². The third-order valence-electron chi connectivity index (χ3n) is 5.09. The van der Waals surface area contributed by atoms with E-state index in [0.29, 0.717) is 23.1 Å². The number of hydrogen-bond donors (Lipinski definition) is 1. The molecule has 8 nitrogen and oxygen atoms in total. The molecule has 2 N–H and O–H groups in total. The number of carboxylic acids is 1. The smallest absolute Gasteiger partial charge is 0.289 e. The van der Waals surface area contributed by atoms with Crippen LogP contribution in [0, 0.1) is 6.92 Å². The Morgan fingerprint density at radius 2 is 1.71 bits per heavy atom. The SMILES string of the molecule is Cc1c(C(=O)C(N)=O)c2c(OC(C(=O)[O-])[N+](C)(C)C)cccc2n1Cc1ccccc1. The highest BCUT2D eigenvalue weighted by molar-refractivity contribution is 6.45. The first kappa shape index (κ1) is 22.0. The molecule has 0 aliphatic carbocycles. The third-order valence-corrected chi connectivity index (χ3v) is 5.09. The molecule has 0 radical (unpaired) electrons. The number of likely N-dealkylation sites (N-methyl/N-ethyl adjacent to an activating group) is 1. The number of carbonyl (C=O) groups excluding carboxylic acids is 3. The number of amides is 1. The standard InChI is InChI=1S/C23H25N3O5/c1-14-18(20(27)21(24)28)19-16(25(14)13-15-9-6-5-7-10-15)11-8-12-17(19)31-22(23(29)30)26(2,3)4/h5-12,22H,13H2,1-4H3,(H2-,24,28,29,30). The lowest BCUT2D eigenvalue weighted by Crippen LogP contribution is -2.57. The number of Topliss-reactive ketones (excluding diaryl/α,β-unsaturated/α-hetero) is 1. The van der Waals surface area contributed by atoms with Gasteiger partial charge in [-0.25, -0.2) is 0 Å². The van der Waals surface area contributed by atoms with E-state index in [1.807, 2.05) is 34.9 Å². The van der Waals surface area contributed by atoms with Crippen LogP contribution in [0.4, 0.5) is 0 Å². The first-order valence-corrected chi connectivity index (χ1v) is 9.71. The van der Waals surface area contributed by atoms with Crippen molar-refractivity contribution in [2.75, 3.05) is 21.1 Å². The molecule has 8 heteroatoms. The predicted molar refractivity (Wildman–Crippen MR) is 113 cm³/mol. The van der Waals surface area contributed by atoms with Gasteiger partial charge >= 0.3 is 0 Å².